The van der Waals surface area contributed by atoms with Gasteiger partial charge in [0.05, 0.1) is 16.6 Å². The van der Waals surface area contributed by atoms with Gasteiger partial charge in [-0.3, -0.25) is 9.59 Å². The van der Waals surface area contributed by atoms with E-state index in [1.807, 2.05) is 0 Å². The molecule has 3 rings (SSSR count). The van der Waals surface area contributed by atoms with Crippen molar-refractivity contribution in [1.82, 2.24) is 14.9 Å². The molecule has 120 valence electrons. The zero-order valence-corrected chi connectivity index (χ0v) is 13.6. The fraction of sp³-hybridized carbons (Fsp3) is 0.214. The number of halogens is 2. The maximum atomic E-state index is 13.7. The average Bonchev–Trinajstić information content (AvgIpc) is 2.81. The first kappa shape index (κ1) is 15.5. The number of amides is 2. The summed E-state index contributed by atoms with van der Waals surface area (Å²) in [6, 6.07) is 2.72. The molecule has 1 aromatic heterocycles. The third-order valence-electron chi connectivity index (χ3n) is 3.48. The van der Waals surface area contributed by atoms with Crippen LogP contribution < -0.4 is 15.8 Å². The highest BCUT2D eigenvalue weighted by atomic mass is 79.9. The predicted octanol–water partition coefficient (Wildman–Crippen LogP) is 1.30. The van der Waals surface area contributed by atoms with Crippen molar-refractivity contribution in [2.24, 2.45) is 5.73 Å². The monoisotopic (exact) mass is 382 g/mol. The van der Waals surface area contributed by atoms with Crippen molar-refractivity contribution < 1.29 is 18.7 Å². The van der Waals surface area contributed by atoms with Gasteiger partial charge in [0.25, 0.3) is 11.8 Å². The van der Waals surface area contributed by atoms with Crippen molar-refractivity contribution in [3.8, 4) is 17.1 Å². The van der Waals surface area contributed by atoms with Gasteiger partial charge in [0.1, 0.15) is 29.7 Å². The number of benzene rings is 1. The molecule has 0 aliphatic carbocycles. The van der Waals surface area contributed by atoms with Crippen LogP contribution in [0.2, 0.25) is 0 Å². The van der Waals surface area contributed by atoms with E-state index >= 15 is 0 Å². The molecule has 7 nitrogen and oxygen atoms in total. The molecular formula is C14H12BrFN4O3. The molecule has 0 radical (unpaired) electrons. The normalized spacial score (nSPS) is 12.7. The van der Waals surface area contributed by atoms with Gasteiger partial charge in [0.2, 0.25) is 0 Å². The quantitative estimate of drug-likeness (QED) is 0.817. The van der Waals surface area contributed by atoms with E-state index in [1.54, 1.807) is 4.57 Å². The molecule has 9 heteroatoms. The van der Waals surface area contributed by atoms with E-state index < -0.39 is 17.6 Å². The Morgan fingerprint density at radius 2 is 2.22 bits per heavy atom. The summed E-state index contributed by atoms with van der Waals surface area (Å²) in [4.78, 5) is 28.0. The van der Waals surface area contributed by atoms with Crippen molar-refractivity contribution in [2.45, 2.75) is 6.54 Å². The summed E-state index contributed by atoms with van der Waals surface area (Å²) in [7, 11) is 1.44. The third-order valence-corrected chi connectivity index (χ3v) is 4.09. The average molecular weight is 383 g/mol. The number of nitrogens with one attached hydrogen (secondary N) is 1. The lowest BCUT2D eigenvalue weighted by molar-refractivity contribution is 0.0933. The third kappa shape index (κ3) is 2.46. The van der Waals surface area contributed by atoms with Crippen molar-refractivity contribution in [1.29, 1.82) is 0 Å². The zero-order chi connectivity index (χ0) is 16.7. The number of carbonyl (C=O) groups excluding carboxylic acids is 2. The van der Waals surface area contributed by atoms with Crippen LogP contribution in [0.3, 0.4) is 0 Å². The molecule has 0 unspecified atom stereocenters. The fourth-order valence-corrected chi connectivity index (χ4v) is 2.81. The molecule has 0 atom stereocenters. The Morgan fingerprint density at radius 3 is 2.87 bits per heavy atom. The van der Waals surface area contributed by atoms with Crippen molar-refractivity contribution in [3.05, 3.63) is 33.8 Å². The Labute approximate surface area is 138 Å². The molecule has 3 N–H and O–H groups in total. The van der Waals surface area contributed by atoms with Crippen LogP contribution in [0.25, 0.3) is 11.4 Å². The maximum Gasteiger partial charge on any atom is 0.270 e. The largest absolute Gasteiger partial charge is 0.491 e. The van der Waals surface area contributed by atoms with Gasteiger partial charge in [-0.2, -0.15) is 0 Å². The molecule has 1 aliphatic heterocycles. The standard InChI is InChI=1S/C14H12BrFN4O3/c1-18-14(22)11-10(12(17)21)19-13-6-4-7(15)8(16)5-9(6)23-3-2-20(11)13/h4-5H,2-3H2,1H3,(H2,17,21)(H,18,22). The molecule has 0 fully saturated rings. The molecule has 2 aromatic rings. The highest BCUT2D eigenvalue weighted by Crippen LogP contribution is 2.36. The zero-order valence-electron chi connectivity index (χ0n) is 12.0. The molecule has 0 saturated carbocycles. The number of hydrogen-bond donors (Lipinski definition) is 2. The fourth-order valence-electron chi connectivity index (χ4n) is 2.47. The molecule has 0 saturated heterocycles. The highest BCUT2D eigenvalue weighted by molar-refractivity contribution is 9.10. The summed E-state index contributed by atoms with van der Waals surface area (Å²) in [5, 5.41) is 2.46. The number of aromatic nitrogens is 2. The second-order valence-electron chi connectivity index (χ2n) is 4.84. The van der Waals surface area contributed by atoms with Crippen LogP contribution in [-0.2, 0) is 6.54 Å². The Bertz CT molecular complexity index is 834. The number of nitrogens with zero attached hydrogens (tertiary/aromatic N) is 2. The van der Waals surface area contributed by atoms with E-state index in [1.165, 1.54) is 19.2 Å². The first-order valence-corrected chi connectivity index (χ1v) is 7.48. The molecular weight excluding hydrogens is 371 g/mol. The molecule has 0 bridgehead atoms. The highest BCUT2D eigenvalue weighted by Gasteiger charge is 2.29. The van der Waals surface area contributed by atoms with Crippen molar-refractivity contribution >= 4 is 27.7 Å². The lowest BCUT2D eigenvalue weighted by atomic mass is 10.2. The first-order valence-electron chi connectivity index (χ1n) is 6.68. The Hall–Kier alpha value is -2.42. The number of rotatable bonds is 2. The Morgan fingerprint density at radius 1 is 1.48 bits per heavy atom. The number of imidazole rings is 1. The van der Waals surface area contributed by atoms with Gasteiger partial charge in [0.15, 0.2) is 5.69 Å². The van der Waals surface area contributed by atoms with Crippen molar-refractivity contribution in [3.63, 3.8) is 0 Å². The van der Waals surface area contributed by atoms with Crippen LogP contribution in [-0.4, -0.2) is 35.0 Å². The maximum absolute atomic E-state index is 13.7. The molecule has 2 heterocycles. The summed E-state index contributed by atoms with van der Waals surface area (Å²) >= 11 is 3.11. The van der Waals surface area contributed by atoms with Crippen LogP contribution in [0.4, 0.5) is 4.39 Å². The van der Waals surface area contributed by atoms with Gasteiger partial charge in [-0.15, -0.1) is 0 Å². The first-order chi connectivity index (χ1) is 10.9. The van der Waals surface area contributed by atoms with Gasteiger partial charge in [0, 0.05) is 13.1 Å². The molecule has 2 amide bonds. The van der Waals surface area contributed by atoms with Crippen LogP contribution in [0.5, 0.6) is 5.75 Å². The van der Waals surface area contributed by atoms with Gasteiger partial charge in [-0.25, -0.2) is 9.37 Å². The van der Waals surface area contributed by atoms with Crippen LogP contribution >= 0.6 is 15.9 Å². The van der Waals surface area contributed by atoms with E-state index in [9.17, 15) is 14.0 Å². The minimum atomic E-state index is -0.812. The van der Waals surface area contributed by atoms with Gasteiger partial charge in [-0.05, 0) is 22.0 Å². The smallest absolute Gasteiger partial charge is 0.270 e. The van der Waals surface area contributed by atoms with Gasteiger partial charge < -0.3 is 20.4 Å². The predicted molar refractivity (Wildman–Crippen MR) is 82.7 cm³/mol. The van der Waals surface area contributed by atoms with Gasteiger partial charge >= 0.3 is 0 Å². The number of nitrogens with two attached hydrogens (primary N) is 1. The number of ether oxygens (including phenoxy) is 1. The summed E-state index contributed by atoms with van der Waals surface area (Å²) in [5.41, 5.74) is 5.73. The SMILES string of the molecule is CNC(=O)c1c(C(N)=O)nc2n1CCOc1cc(F)c(Br)cc1-2. The Balaban J connectivity index is 2.31. The summed E-state index contributed by atoms with van der Waals surface area (Å²) < 4.78 is 21.0. The van der Waals surface area contributed by atoms with Crippen LogP contribution in [0, 0.1) is 5.82 Å². The van der Waals surface area contributed by atoms with Gasteiger partial charge in [-0.1, -0.05) is 0 Å². The Kier molecular flexibility index (Phi) is 3.80. The molecule has 1 aliphatic rings. The van der Waals surface area contributed by atoms with E-state index in [-0.39, 0.29) is 34.8 Å². The number of hydrogen-bond acceptors (Lipinski definition) is 4. The summed E-state index contributed by atoms with van der Waals surface area (Å²) in [6.07, 6.45) is 0. The summed E-state index contributed by atoms with van der Waals surface area (Å²) in [6.45, 7) is 0.464. The second-order valence-corrected chi connectivity index (χ2v) is 5.69. The summed E-state index contributed by atoms with van der Waals surface area (Å²) in [5.74, 6) is -1.17. The van der Waals surface area contributed by atoms with E-state index in [0.29, 0.717) is 11.4 Å². The lowest BCUT2D eigenvalue weighted by Crippen LogP contribution is -2.26. The second kappa shape index (κ2) is 5.65. The topological polar surface area (TPSA) is 99.2 Å². The van der Waals surface area contributed by atoms with Crippen LogP contribution in [0.1, 0.15) is 21.0 Å². The number of fused-ring (bicyclic) bond motifs is 3. The minimum Gasteiger partial charge on any atom is -0.491 e. The molecule has 0 spiro atoms. The number of primary amides is 1. The van der Waals surface area contributed by atoms with Crippen LogP contribution in [0.15, 0.2) is 16.6 Å². The van der Waals surface area contributed by atoms with E-state index in [4.69, 9.17) is 10.5 Å². The van der Waals surface area contributed by atoms with E-state index in [2.05, 4.69) is 26.2 Å². The number of carbonyl (C=O) groups is 2. The molecule has 23 heavy (non-hydrogen) atoms. The van der Waals surface area contributed by atoms with E-state index in [0.717, 1.165) is 0 Å². The lowest BCUT2D eigenvalue weighted by Gasteiger charge is -2.07. The van der Waals surface area contributed by atoms with Crippen molar-refractivity contribution in [2.75, 3.05) is 13.7 Å². The molecule has 1 aromatic carbocycles. The minimum absolute atomic E-state index is 0.0619.